The van der Waals surface area contributed by atoms with Crippen molar-refractivity contribution in [3.8, 4) is 11.1 Å². The van der Waals surface area contributed by atoms with Crippen molar-refractivity contribution in [3.63, 3.8) is 0 Å². The van der Waals surface area contributed by atoms with E-state index < -0.39 is 0 Å². The number of rotatable bonds is 5. The van der Waals surface area contributed by atoms with E-state index in [0.29, 0.717) is 0 Å². The highest BCUT2D eigenvalue weighted by atomic mass is 15.2. The third-order valence-electron chi connectivity index (χ3n) is 17.9. The second-order valence-corrected chi connectivity index (χ2v) is 24.8. The van der Waals surface area contributed by atoms with Crippen LogP contribution >= 0.6 is 0 Å². The van der Waals surface area contributed by atoms with Crippen LogP contribution in [0.3, 0.4) is 0 Å². The van der Waals surface area contributed by atoms with Gasteiger partial charge in [0.15, 0.2) is 0 Å². The van der Waals surface area contributed by atoms with Gasteiger partial charge < -0.3 is 14.7 Å². The molecule has 3 aliphatic carbocycles. The first-order valence-corrected chi connectivity index (χ1v) is 26.2. The normalized spacial score (nSPS) is 18.4. The lowest BCUT2D eigenvalue weighted by Crippen LogP contribution is -2.61. The van der Waals surface area contributed by atoms with Crippen LogP contribution in [0.2, 0.25) is 0 Å². The van der Waals surface area contributed by atoms with Crippen LogP contribution in [0.1, 0.15) is 127 Å². The molecule has 0 N–H and O–H groups in total. The van der Waals surface area contributed by atoms with Gasteiger partial charge in [0.2, 0.25) is 0 Å². The Morgan fingerprint density at radius 3 is 1.68 bits per heavy atom. The number of nitrogens with zero attached hydrogens (tertiary/aromatic N) is 3. The first-order valence-electron chi connectivity index (χ1n) is 26.2. The number of hydrogen-bond donors (Lipinski definition) is 0. The molecule has 13 rings (SSSR count). The fraction of sp³-hybridized carbons (Fsp3) is 0.284. The minimum atomic E-state index is -0.234. The molecule has 2 aliphatic heterocycles. The van der Waals surface area contributed by atoms with Crippen LogP contribution in [0.5, 0.6) is 0 Å². The zero-order valence-corrected chi connectivity index (χ0v) is 43.6. The molecule has 2 heterocycles. The smallest absolute Gasteiger partial charge is 0.252 e. The van der Waals surface area contributed by atoms with Crippen molar-refractivity contribution < 1.29 is 0 Å². The van der Waals surface area contributed by atoms with E-state index >= 15 is 0 Å². The molecule has 0 amide bonds. The van der Waals surface area contributed by atoms with Crippen molar-refractivity contribution in [1.29, 1.82) is 0 Å². The van der Waals surface area contributed by atoms with Gasteiger partial charge in [0.1, 0.15) is 0 Å². The van der Waals surface area contributed by atoms with Gasteiger partial charge in [-0.15, -0.1) is 0 Å². The molecule has 8 aromatic rings. The van der Waals surface area contributed by atoms with Crippen molar-refractivity contribution in [3.05, 3.63) is 203 Å². The monoisotopic (exact) mass is 924 g/mol. The van der Waals surface area contributed by atoms with Gasteiger partial charge in [-0.3, -0.25) is 0 Å². The lowest BCUT2D eigenvalue weighted by Gasteiger charge is -2.46. The van der Waals surface area contributed by atoms with Gasteiger partial charge in [0.25, 0.3) is 6.71 Å². The number of hydrogen-bond acceptors (Lipinski definition) is 3. The predicted molar refractivity (Wildman–Crippen MR) is 303 cm³/mol. The Kier molecular flexibility index (Phi) is 9.27. The zero-order chi connectivity index (χ0) is 49.1. The molecule has 0 bridgehead atoms. The zero-order valence-electron chi connectivity index (χ0n) is 43.6. The average Bonchev–Trinajstić information content (AvgIpc) is 3.69. The SMILES string of the molecule is Cc1cc2c3c(c1)N(c1cccc4c1C(C)(C)c1ccccc1-4)c1cc(N(c4ccccc4)c4ccccc4)ccc1B3c1cc3c(cc1N2c1ccc2c(c1)C(C)(C)CCC2(C)C)C(C)(C)CC3(C)C. The van der Waals surface area contributed by atoms with E-state index in [1.165, 1.54) is 113 Å². The highest BCUT2D eigenvalue weighted by Crippen LogP contribution is 2.57. The number of para-hydroxylation sites is 2. The van der Waals surface area contributed by atoms with Crippen LogP contribution < -0.4 is 31.1 Å². The molecule has 0 aromatic heterocycles. The Hall–Kier alpha value is -6.78. The summed E-state index contributed by atoms with van der Waals surface area (Å²) in [7, 11) is 0. The Bertz CT molecular complexity index is 3480. The van der Waals surface area contributed by atoms with E-state index in [0.717, 1.165) is 23.5 Å². The number of anilines is 9. The van der Waals surface area contributed by atoms with Crippen molar-refractivity contribution in [1.82, 2.24) is 0 Å². The number of fused-ring (bicyclic) bond motifs is 9. The standard InChI is InChI=1S/C67H66BN3/c1-42-35-59-62-60(36-42)71(56-28-20-26-48-47-25-18-19-27-49(47)67(10,11)61(48)56)57-38-46(69(43-21-14-12-15-22-43)44-23-16-13-17-24-44)30-32-54(57)68(62)55-39-52-53(66(8,9)41-65(52,6)7)40-58(55)70(59)45-29-31-50-51(37-45)64(4,5)34-33-63(50,2)3/h12-32,35-40H,33-34,41H2,1-11H3. The average molecular weight is 924 g/mol. The van der Waals surface area contributed by atoms with E-state index in [1.54, 1.807) is 0 Å². The lowest BCUT2D eigenvalue weighted by molar-refractivity contribution is 0.332. The van der Waals surface area contributed by atoms with Gasteiger partial charge in [-0.05, 0) is 187 Å². The number of aryl methyl sites for hydroxylation is 1. The molecule has 3 nitrogen and oxygen atoms in total. The van der Waals surface area contributed by atoms with Gasteiger partial charge in [-0.2, -0.15) is 0 Å². The molecule has 4 heteroatoms. The summed E-state index contributed by atoms with van der Waals surface area (Å²) in [6, 6.07) is 63.2. The third-order valence-corrected chi connectivity index (χ3v) is 17.9. The van der Waals surface area contributed by atoms with Gasteiger partial charge in [-0.25, -0.2) is 0 Å². The molecule has 0 unspecified atom stereocenters. The van der Waals surface area contributed by atoms with Crippen LogP contribution in [0.15, 0.2) is 164 Å². The topological polar surface area (TPSA) is 9.72 Å². The maximum absolute atomic E-state index is 2.69. The summed E-state index contributed by atoms with van der Waals surface area (Å²) in [4.78, 5) is 7.80. The van der Waals surface area contributed by atoms with Crippen LogP contribution in [0.25, 0.3) is 11.1 Å². The summed E-state index contributed by atoms with van der Waals surface area (Å²) in [6.45, 7) is 26.9. The summed E-state index contributed by atoms with van der Waals surface area (Å²) in [5.74, 6) is 0. The van der Waals surface area contributed by atoms with E-state index in [9.17, 15) is 0 Å². The Morgan fingerprint density at radius 2 is 0.986 bits per heavy atom. The van der Waals surface area contributed by atoms with Crippen LogP contribution in [0.4, 0.5) is 51.2 Å². The van der Waals surface area contributed by atoms with E-state index in [-0.39, 0.29) is 33.8 Å². The minimum Gasteiger partial charge on any atom is -0.311 e. The first kappa shape index (κ1) is 44.2. The molecule has 0 spiro atoms. The van der Waals surface area contributed by atoms with Crippen molar-refractivity contribution >= 4 is 74.3 Å². The van der Waals surface area contributed by atoms with E-state index in [2.05, 4.69) is 255 Å². The molecule has 0 fully saturated rings. The molecule has 0 radical (unpaired) electrons. The fourth-order valence-corrected chi connectivity index (χ4v) is 14.6. The van der Waals surface area contributed by atoms with Gasteiger partial charge in [0, 0.05) is 50.9 Å². The quantitative estimate of drug-likeness (QED) is 0.159. The van der Waals surface area contributed by atoms with Crippen molar-refractivity contribution in [2.75, 3.05) is 14.7 Å². The van der Waals surface area contributed by atoms with E-state index in [4.69, 9.17) is 0 Å². The maximum Gasteiger partial charge on any atom is 0.252 e. The molecule has 0 saturated carbocycles. The van der Waals surface area contributed by atoms with Crippen molar-refractivity contribution in [2.24, 2.45) is 0 Å². The summed E-state index contributed by atoms with van der Waals surface area (Å²) in [6.07, 6.45) is 3.48. The largest absolute Gasteiger partial charge is 0.311 e. The van der Waals surface area contributed by atoms with Crippen LogP contribution in [0, 0.1) is 6.92 Å². The molecule has 8 aromatic carbocycles. The Morgan fingerprint density at radius 1 is 0.408 bits per heavy atom. The molecular formula is C67H66BN3. The molecule has 0 saturated heterocycles. The van der Waals surface area contributed by atoms with E-state index in [1.807, 2.05) is 0 Å². The highest BCUT2D eigenvalue weighted by molar-refractivity contribution is 7.00. The number of benzene rings is 8. The molecular weight excluding hydrogens is 858 g/mol. The summed E-state index contributed by atoms with van der Waals surface area (Å²) in [5, 5.41) is 0. The molecule has 71 heavy (non-hydrogen) atoms. The second kappa shape index (κ2) is 14.9. The first-order chi connectivity index (χ1) is 33.9. The third kappa shape index (κ3) is 6.35. The maximum atomic E-state index is 2.69. The van der Waals surface area contributed by atoms with Gasteiger partial charge in [0.05, 0.1) is 5.69 Å². The summed E-state index contributed by atoms with van der Waals surface area (Å²) >= 11 is 0. The lowest BCUT2D eigenvalue weighted by atomic mass is 9.33. The summed E-state index contributed by atoms with van der Waals surface area (Å²) < 4.78 is 0. The van der Waals surface area contributed by atoms with Gasteiger partial charge in [-0.1, -0.05) is 160 Å². The van der Waals surface area contributed by atoms with Crippen LogP contribution in [-0.2, 0) is 27.1 Å². The molecule has 0 atom stereocenters. The Balaban J connectivity index is 1.14. The second-order valence-electron chi connectivity index (χ2n) is 24.8. The van der Waals surface area contributed by atoms with Crippen molar-refractivity contribution in [2.45, 2.75) is 122 Å². The molecule has 352 valence electrons. The van der Waals surface area contributed by atoms with Gasteiger partial charge >= 0.3 is 0 Å². The summed E-state index contributed by atoms with van der Waals surface area (Å²) in [5.41, 5.74) is 27.7. The highest BCUT2D eigenvalue weighted by Gasteiger charge is 2.50. The van der Waals surface area contributed by atoms with Crippen LogP contribution in [-0.4, -0.2) is 6.71 Å². The fourth-order valence-electron chi connectivity index (χ4n) is 14.6. The molecule has 5 aliphatic rings. The Labute approximate surface area is 423 Å². The predicted octanol–water partition coefficient (Wildman–Crippen LogP) is 16.2. The minimum absolute atomic E-state index is 0.00571.